The number of sulfonamides is 1. The molecule has 0 aliphatic carbocycles. The number of fused-ring (bicyclic) bond motifs is 1. The van der Waals surface area contributed by atoms with Gasteiger partial charge in [-0.15, -0.1) is 4.40 Å². The molecule has 2 aliphatic heterocycles. The fourth-order valence-corrected chi connectivity index (χ4v) is 4.41. The van der Waals surface area contributed by atoms with Crippen LogP contribution in [0.15, 0.2) is 33.6 Å². The molecule has 3 N–H and O–H groups in total. The number of amides is 1. The zero-order chi connectivity index (χ0) is 18.2. The van der Waals surface area contributed by atoms with Crippen molar-refractivity contribution in [3.05, 3.63) is 24.3 Å². The number of carbonyl (C=O) groups excluding carboxylic acids is 1. The lowest BCUT2D eigenvalue weighted by atomic mass is 9.94. The molecule has 25 heavy (non-hydrogen) atoms. The summed E-state index contributed by atoms with van der Waals surface area (Å²) in [5.41, 5.74) is 6.52. The summed E-state index contributed by atoms with van der Waals surface area (Å²) in [6.45, 7) is 4.91. The first-order valence-electron chi connectivity index (χ1n) is 8.55. The summed E-state index contributed by atoms with van der Waals surface area (Å²) in [6, 6.07) is 6.18. The van der Waals surface area contributed by atoms with E-state index in [-0.39, 0.29) is 22.6 Å². The van der Waals surface area contributed by atoms with Crippen LogP contribution in [0.1, 0.15) is 26.7 Å². The van der Waals surface area contributed by atoms with E-state index in [1.807, 2.05) is 13.8 Å². The molecule has 136 valence electrons. The summed E-state index contributed by atoms with van der Waals surface area (Å²) in [6.07, 6.45) is 1.58. The summed E-state index contributed by atoms with van der Waals surface area (Å²) >= 11 is 0. The number of carbonyl (C=O) groups is 1. The first-order chi connectivity index (χ1) is 11.8. The number of amidine groups is 1. The first-order valence-corrected chi connectivity index (χ1v) is 9.99. The highest BCUT2D eigenvalue weighted by Crippen LogP contribution is 2.30. The Kier molecular flexibility index (Phi) is 4.83. The van der Waals surface area contributed by atoms with Gasteiger partial charge < -0.3 is 16.0 Å². The zero-order valence-electron chi connectivity index (χ0n) is 14.5. The number of likely N-dealkylation sites (tertiary alicyclic amines) is 1. The van der Waals surface area contributed by atoms with Crippen LogP contribution in [0.2, 0.25) is 0 Å². The van der Waals surface area contributed by atoms with Gasteiger partial charge in [0, 0.05) is 19.0 Å². The van der Waals surface area contributed by atoms with E-state index in [0.717, 1.165) is 12.8 Å². The summed E-state index contributed by atoms with van der Waals surface area (Å²) in [4.78, 5) is 14.4. The maximum atomic E-state index is 12.5. The van der Waals surface area contributed by atoms with Gasteiger partial charge in [0.2, 0.25) is 5.91 Å². The van der Waals surface area contributed by atoms with Gasteiger partial charge in [-0.2, -0.15) is 8.42 Å². The molecule has 0 aromatic heterocycles. The van der Waals surface area contributed by atoms with Gasteiger partial charge in [0.1, 0.15) is 10.7 Å². The predicted molar refractivity (Wildman–Crippen MR) is 96.8 cm³/mol. The summed E-state index contributed by atoms with van der Waals surface area (Å²) < 4.78 is 28.8. The van der Waals surface area contributed by atoms with Gasteiger partial charge >= 0.3 is 0 Å². The highest BCUT2D eigenvalue weighted by atomic mass is 32.2. The van der Waals surface area contributed by atoms with Gasteiger partial charge in [-0.25, -0.2) is 0 Å². The molecule has 0 saturated carbocycles. The van der Waals surface area contributed by atoms with Crippen molar-refractivity contribution in [2.45, 2.75) is 37.6 Å². The number of piperidine rings is 1. The third kappa shape index (κ3) is 3.55. The third-order valence-electron chi connectivity index (χ3n) is 4.77. The van der Waals surface area contributed by atoms with Crippen LogP contribution >= 0.6 is 0 Å². The minimum Gasteiger partial charge on any atom is -0.342 e. The second-order valence-electron chi connectivity index (χ2n) is 6.97. The number of nitrogens with one attached hydrogen (secondary N) is 1. The Labute approximate surface area is 148 Å². The minimum absolute atomic E-state index is 0.0604. The Balaban J connectivity index is 1.81. The van der Waals surface area contributed by atoms with Crippen molar-refractivity contribution >= 4 is 27.5 Å². The smallest absolute Gasteiger partial charge is 0.286 e. The average Bonchev–Trinajstić information content (AvgIpc) is 2.60. The molecule has 7 nitrogen and oxygen atoms in total. The van der Waals surface area contributed by atoms with Crippen LogP contribution in [0.4, 0.5) is 5.69 Å². The van der Waals surface area contributed by atoms with Crippen LogP contribution in [-0.4, -0.2) is 44.2 Å². The lowest BCUT2D eigenvalue weighted by molar-refractivity contribution is -0.134. The lowest BCUT2D eigenvalue weighted by Gasteiger charge is -2.36. The van der Waals surface area contributed by atoms with Crippen LogP contribution in [0, 0.1) is 11.8 Å². The second-order valence-corrected chi connectivity index (χ2v) is 8.54. The molecule has 2 heterocycles. The van der Waals surface area contributed by atoms with Gasteiger partial charge in [-0.1, -0.05) is 26.0 Å². The van der Waals surface area contributed by atoms with Crippen molar-refractivity contribution in [3.63, 3.8) is 0 Å². The Hall–Kier alpha value is -1.93. The van der Waals surface area contributed by atoms with Gasteiger partial charge in [-0.3, -0.25) is 4.79 Å². The van der Waals surface area contributed by atoms with Gasteiger partial charge in [0.25, 0.3) is 10.0 Å². The molecule has 1 aromatic rings. The van der Waals surface area contributed by atoms with Crippen molar-refractivity contribution in [2.24, 2.45) is 22.0 Å². The van der Waals surface area contributed by atoms with E-state index in [9.17, 15) is 13.2 Å². The molecular formula is C17H24N4O3S. The van der Waals surface area contributed by atoms with E-state index in [0.29, 0.717) is 24.6 Å². The maximum Gasteiger partial charge on any atom is 0.286 e. The highest BCUT2D eigenvalue weighted by Gasteiger charge is 2.34. The van der Waals surface area contributed by atoms with Crippen molar-refractivity contribution in [1.82, 2.24) is 4.90 Å². The lowest BCUT2D eigenvalue weighted by Crippen LogP contribution is -2.51. The molecule has 2 atom stereocenters. The molecule has 0 spiro atoms. The van der Waals surface area contributed by atoms with Crippen LogP contribution in [-0.2, 0) is 14.8 Å². The zero-order valence-corrected chi connectivity index (χ0v) is 15.3. The van der Waals surface area contributed by atoms with Crippen LogP contribution in [0.5, 0.6) is 0 Å². The monoisotopic (exact) mass is 364 g/mol. The average molecular weight is 364 g/mol. The van der Waals surface area contributed by atoms with Crippen molar-refractivity contribution in [1.29, 1.82) is 0 Å². The Morgan fingerprint density at radius 2 is 2.08 bits per heavy atom. The Morgan fingerprint density at radius 1 is 1.36 bits per heavy atom. The molecular weight excluding hydrogens is 340 g/mol. The number of nitrogens with two attached hydrogens (primary N) is 1. The molecule has 1 amide bonds. The summed E-state index contributed by atoms with van der Waals surface area (Å²) in [5, 5.41) is 3.14. The standard InChI is InChI=1S/C17H24N4O3S/c1-11(2)15(18)17(22)21-9-5-6-12(10-21)16-19-13-7-3-4-8-14(13)25(23,24)20-16/h3-4,7-8,11-12,15H,5-6,9-10,18H2,1-2H3,(H,19,20)/t12?,15-/m0/s1. The normalized spacial score (nSPS) is 23.4. The molecule has 1 saturated heterocycles. The number of anilines is 1. The molecule has 0 radical (unpaired) electrons. The number of hydrogen-bond acceptors (Lipinski definition) is 5. The number of benzene rings is 1. The molecule has 1 aromatic carbocycles. The van der Waals surface area contributed by atoms with E-state index in [1.165, 1.54) is 6.07 Å². The molecule has 0 bridgehead atoms. The van der Waals surface area contributed by atoms with Gasteiger partial charge in [0.15, 0.2) is 0 Å². The Morgan fingerprint density at radius 3 is 2.80 bits per heavy atom. The van der Waals surface area contributed by atoms with Crippen LogP contribution < -0.4 is 11.1 Å². The van der Waals surface area contributed by atoms with Crippen molar-refractivity contribution in [2.75, 3.05) is 18.4 Å². The molecule has 3 rings (SSSR count). The SMILES string of the molecule is CC(C)[C@H](N)C(=O)N1CCCC(C2=NS(=O)(=O)c3ccccc3N2)C1. The van der Waals surface area contributed by atoms with E-state index >= 15 is 0 Å². The van der Waals surface area contributed by atoms with E-state index in [1.54, 1.807) is 23.1 Å². The number of rotatable bonds is 3. The van der Waals surface area contributed by atoms with Crippen molar-refractivity contribution < 1.29 is 13.2 Å². The largest absolute Gasteiger partial charge is 0.342 e. The number of para-hydroxylation sites is 1. The van der Waals surface area contributed by atoms with Gasteiger partial charge in [-0.05, 0) is 30.9 Å². The minimum atomic E-state index is -3.71. The number of hydrogen-bond donors (Lipinski definition) is 2. The first kappa shape index (κ1) is 17.9. The topological polar surface area (TPSA) is 105 Å². The Bertz CT molecular complexity index is 804. The second kappa shape index (κ2) is 6.76. The number of nitrogens with zero attached hydrogens (tertiary/aromatic N) is 2. The predicted octanol–water partition coefficient (Wildman–Crippen LogP) is 1.42. The quantitative estimate of drug-likeness (QED) is 0.844. The van der Waals surface area contributed by atoms with E-state index in [2.05, 4.69) is 9.71 Å². The molecule has 1 fully saturated rings. The summed E-state index contributed by atoms with van der Waals surface area (Å²) in [5.74, 6) is 0.249. The van der Waals surface area contributed by atoms with E-state index in [4.69, 9.17) is 5.73 Å². The van der Waals surface area contributed by atoms with Crippen molar-refractivity contribution in [3.8, 4) is 0 Å². The van der Waals surface area contributed by atoms with E-state index < -0.39 is 16.1 Å². The highest BCUT2D eigenvalue weighted by molar-refractivity contribution is 7.90. The molecule has 2 aliphatic rings. The third-order valence-corrected chi connectivity index (χ3v) is 6.12. The fourth-order valence-electron chi connectivity index (χ4n) is 3.21. The fraction of sp³-hybridized carbons (Fsp3) is 0.529. The molecule has 1 unspecified atom stereocenters. The van der Waals surface area contributed by atoms with Crippen LogP contribution in [0.3, 0.4) is 0 Å². The van der Waals surface area contributed by atoms with Gasteiger partial charge in [0.05, 0.1) is 11.7 Å². The molecule has 8 heteroatoms. The maximum absolute atomic E-state index is 12.5. The summed E-state index contributed by atoms with van der Waals surface area (Å²) in [7, 11) is -3.71. The van der Waals surface area contributed by atoms with Crippen LogP contribution in [0.25, 0.3) is 0 Å².